The first-order valence-electron chi connectivity index (χ1n) is 9.90. The molecule has 1 fully saturated rings. The molecule has 1 saturated heterocycles. The molecule has 142 valence electrons. The Kier molecular flexibility index (Phi) is 5.02. The van der Waals surface area contributed by atoms with E-state index in [-0.39, 0.29) is 5.91 Å². The standard InChI is InChI=1S/C23H28N2O2/c1-18-6-4-7-19(14-18)15-25-12-5-11-23(27,22(25)26)17-24-13-10-20-8-2-3-9-21(20)16-24/h2-4,6-9,14,27H,5,10-13,15-17H2,1H3. The monoisotopic (exact) mass is 364 g/mol. The van der Waals surface area contributed by atoms with E-state index in [1.54, 1.807) is 0 Å². The molecule has 1 N–H and O–H groups in total. The topological polar surface area (TPSA) is 43.8 Å². The molecule has 4 rings (SSSR count). The second-order valence-electron chi connectivity index (χ2n) is 8.08. The highest BCUT2D eigenvalue weighted by atomic mass is 16.3. The zero-order valence-corrected chi connectivity index (χ0v) is 16.0. The molecule has 2 aliphatic rings. The summed E-state index contributed by atoms with van der Waals surface area (Å²) in [6.45, 7) is 5.48. The number of likely N-dealkylation sites (tertiary alicyclic amines) is 1. The Morgan fingerprint density at radius 3 is 2.70 bits per heavy atom. The molecule has 0 aromatic heterocycles. The number of fused-ring (bicyclic) bond motifs is 1. The SMILES string of the molecule is Cc1cccc(CN2CCCC(O)(CN3CCc4ccccc4C3)C2=O)c1. The number of hydrogen-bond donors (Lipinski definition) is 1. The number of piperidine rings is 1. The number of β-amino-alcohol motifs (C(OH)–C–C–N with tert-alkyl or cyclic N) is 1. The molecule has 1 amide bonds. The lowest BCUT2D eigenvalue weighted by atomic mass is 9.89. The highest BCUT2D eigenvalue weighted by Crippen LogP contribution is 2.28. The molecule has 27 heavy (non-hydrogen) atoms. The van der Waals surface area contributed by atoms with Crippen LogP contribution in [0.4, 0.5) is 0 Å². The zero-order chi connectivity index (χ0) is 18.9. The van der Waals surface area contributed by atoms with Gasteiger partial charge in [-0.3, -0.25) is 9.69 Å². The average Bonchev–Trinajstić information content (AvgIpc) is 2.66. The largest absolute Gasteiger partial charge is 0.379 e. The number of aryl methyl sites for hydroxylation is 1. The molecule has 2 aromatic rings. The Labute approximate surface area is 161 Å². The summed E-state index contributed by atoms with van der Waals surface area (Å²) in [4.78, 5) is 17.2. The van der Waals surface area contributed by atoms with Crippen molar-refractivity contribution in [2.45, 2.75) is 44.9 Å². The smallest absolute Gasteiger partial charge is 0.256 e. The van der Waals surface area contributed by atoms with Crippen LogP contribution in [-0.2, 0) is 24.3 Å². The van der Waals surface area contributed by atoms with Crippen molar-refractivity contribution in [3.8, 4) is 0 Å². The van der Waals surface area contributed by atoms with E-state index in [4.69, 9.17) is 0 Å². The summed E-state index contributed by atoms with van der Waals surface area (Å²) in [5.41, 5.74) is 3.75. The summed E-state index contributed by atoms with van der Waals surface area (Å²) < 4.78 is 0. The van der Waals surface area contributed by atoms with Crippen LogP contribution in [-0.4, -0.2) is 46.0 Å². The summed E-state index contributed by atoms with van der Waals surface area (Å²) in [6.07, 6.45) is 2.38. The number of hydrogen-bond acceptors (Lipinski definition) is 3. The molecule has 2 aliphatic heterocycles. The van der Waals surface area contributed by atoms with Crippen LogP contribution >= 0.6 is 0 Å². The maximum absolute atomic E-state index is 13.1. The highest BCUT2D eigenvalue weighted by molar-refractivity contribution is 5.86. The predicted molar refractivity (Wildman–Crippen MR) is 106 cm³/mol. The van der Waals surface area contributed by atoms with Crippen LogP contribution in [0.25, 0.3) is 0 Å². The van der Waals surface area contributed by atoms with Crippen LogP contribution in [0.3, 0.4) is 0 Å². The zero-order valence-electron chi connectivity index (χ0n) is 16.0. The number of nitrogens with zero attached hydrogens (tertiary/aromatic N) is 2. The van der Waals surface area contributed by atoms with Crippen molar-refractivity contribution in [2.24, 2.45) is 0 Å². The lowest BCUT2D eigenvalue weighted by Gasteiger charge is -2.42. The first-order valence-corrected chi connectivity index (χ1v) is 9.90. The van der Waals surface area contributed by atoms with Crippen molar-refractivity contribution >= 4 is 5.91 Å². The summed E-state index contributed by atoms with van der Waals surface area (Å²) in [6, 6.07) is 16.7. The third-order valence-corrected chi connectivity index (χ3v) is 5.85. The van der Waals surface area contributed by atoms with Crippen LogP contribution in [0.2, 0.25) is 0 Å². The lowest BCUT2D eigenvalue weighted by Crippen LogP contribution is -2.58. The number of rotatable bonds is 4. The van der Waals surface area contributed by atoms with Gasteiger partial charge >= 0.3 is 0 Å². The average molecular weight is 364 g/mol. The van der Waals surface area contributed by atoms with Crippen molar-refractivity contribution in [2.75, 3.05) is 19.6 Å². The van der Waals surface area contributed by atoms with Crippen molar-refractivity contribution in [1.82, 2.24) is 9.80 Å². The van der Waals surface area contributed by atoms with E-state index in [0.717, 1.165) is 38.0 Å². The van der Waals surface area contributed by atoms with Gasteiger partial charge in [0, 0.05) is 32.7 Å². The van der Waals surface area contributed by atoms with Crippen molar-refractivity contribution < 1.29 is 9.90 Å². The fourth-order valence-corrected chi connectivity index (χ4v) is 4.45. The Bertz CT molecular complexity index is 835. The molecule has 0 bridgehead atoms. The third kappa shape index (κ3) is 3.92. The number of carbonyl (C=O) groups is 1. The van der Waals surface area contributed by atoms with E-state index in [2.05, 4.69) is 54.3 Å². The lowest BCUT2D eigenvalue weighted by molar-refractivity contribution is -0.160. The maximum atomic E-state index is 13.1. The van der Waals surface area contributed by atoms with Gasteiger partial charge in [0.05, 0.1) is 0 Å². The Morgan fingerprint density at radius 2 is 1.89 bits per heavy atom. The molecule has 2 heterocycles. The van der Waals surface area contributed by atoms with Gasteiger partial charge in [-0.05, 0) is 42.9 Å². The van der Waals surface area contributed by atoms with Crippen molar-refractivity contribution in [3.63, 3.8) is 0 Å². The van der Waals surface area contributed by atoms with Gasteiger partial charge in [0.2, 0.25) is 0 Å². The van der Waals surface area contributed by atoms with E-state index in [1.807, 2.05) is 11.0 Å². The minimum absolute atomic E-state index is 0.117. The van der Waals surface area contributed by atoms with Gasteiger partial charge in [-0.2, -0.15) is 0 Å². The highest BCUT2D eigenvalue weighted by Gasteiger charge is 2.43. The number of benzene rings is 2. The normalized spacial score (nSPS) is 23.3. The first kappa shape index (κ1) is 18.2. The van der Waals surface area contributed by atoms with E-state index in [1.165, 1.54) is 16.7 Å². The molecule has 0 spiro atoms. The van der Waals surface area contributed by atoms with Crippen LogP contribution in [0.1, 0.15) is 35.1 Å². The molecule has 0 saturated carbocycles. The van der Waals surface area contributed by atoms with Crippen LogP contribution in [0.5, 0.6) is 0 Å². The van der Waals surface area contributed by atoms with E-state index >= 15 is 0 Å². The molecule has 0 aliphatic carbocycles. The maximum Gasteiger partial charge on any atom is 0.256 e. The molecule has 1 unspecified atom stereocenters. The Hall–Kier alpha value is -2.17. The van der Waals surface area contributed by atoms with Crippen LogP contribution < -0.4 is 0 Å². The Morgan fingerprint density at radius 1 is 1.07 bits per heavy atom. The van der Waals surface area contributed by atoms with Crippen molar-refractivity contribution in [3.05, 3.63) is 70.8 Å². The fourth-order valence-electron chi connectivity index (χ4n) is 4.45. The minimum atomic E-state index is -1.27. The number of carbonyl (C=O) groups excluding carboxylic acids is 1. The molecule has 4 heteroatoms. The van der Waals surface area contributed by atoms with Crippen LogP contribution in [0, 0.1) is 6.92 Å². The molecule has 1 atom stereocenters. The minimum Gasteiger partial charge on any atom is -0.379 e. The van der Waals surface area contributed by atoms with Gasteiger partial charge in [-0.1, -0.05) is 54.1 Å². The molecular weight excluding hydrogens is 336 g/mol. The predicted octanol–water partition coefficient (Wildman–Crippen LogP) is 2.91. The van der Waals surface area contributed by atoms with Gasteiger partial charge in [0.15, 0.2) is 5.60 Å². The summed E-state index contributed by atoms with van der Waals surface area (Å²) in [7, 11) is 0. The molecule has 0 radical (unpaired) electrons. The second-order valence-corrected chi connectivity index (χ2v) is 8.08. The molecule has 4 nitrogen and oxygen atoms in total. The quantitative estimate of drug-likeness (QED) is 0.907. The van der Waals surface area contributed by atoms with Crippen LogP contribution in [0.15, 0.2) is 48.5 Å². The third-order valence-electron chi connectivity index (χ3n) is 5.85. The van der Waals surface area contributed by atoms with E-state index in [0.29, 0.717) is 19.5 Å². The van der Waals surface area contributed by atoms with E-state index < -0.39 is 5.60 Å². The van der Waals surface area contributed by atoms with E-state index in [9.17, 15) is 9.90 Å². The van der Waals surface area contributed by atoms with Gasteiger partial charge in [0.25, 0.3) is 5.91 Å². The van der Waals surface area contributed by atoms with Crippen molar-refractivity contribution in [1.29, 1.82) is 0 Å². The van der Waals surface area contributed by atoms with Gasteiger partial charge in [0.1, 0.15) is 0 Å². The summed E-state index contributed by atoms with van der Waals surface area (Å²) in [5.74, 6) is -0.117. The molecule has 2 aromatic carbocycles. The number of aliphatic hydroxyl groups is 1. The van der Waals surface area contributed by atoms with Gasteiger partial charge in [-0.15, -0.1) is 0 Å². The van der Waals surface area contributed by atoms with Gasteiger partial charge < -0.3 is 10.0 Å². The second kappa shape index (κ2) is 7.45. The summed E-state index contributed by atoms with van der Waals surface area (Å²) in [5, 5.41) is 11.2. The first-order chi connectivity index (χ1) is 13.0. The fraction of sp³-hybridized carbons (Fsp3) is 0.435. The molecular formula is C23H28N2O2. The van der Waals surface area contributed by atoms with Gasteiger partial charge in [-0.25, -0.2) is 0 Å². The summed E-state index contributed by atoms with van der Waals surface area (Å²) >= 11 is 0. The number of amides is 1. The Balaban J connectivity index is 1.45.